The summed E-state index contributed by atoms with van der Waals surface area (Å²) in [5.74, 6) is 1.25. The van der Waals surface area contributed by atoms with E-state index in [9.17, 15) is 4.79 Å². The molecule has 0 saturated heterocycles. The van der Waals surface area contributed by atoms with E-state index in [4.69, 9.17) is 9.47 Å². The van der Waals surface area contributed by atoms with Crippen molar-refractivity contribution in [2.45, 2.75) is 18.9 Å². The summed E-state index contributed by atoms with van der Waals surface area (Å²) in [4.78, 5) is 12.4. The molecule has 1 amide bonds. The number of nitrogens with one attached hydrogen (secondary N) is 1. The lowest BCUT2D eigenvalue weighted by Crippen LogP contribution is -2.27. The summed E-state index contributed by atoms with van der Waals surface area (Å²) in [5.41, 5.74) is 3.16. The van der Waals surface area contributed by atoms with Crippen LogP contribution in [0.25, 0.3) is 0 Å². The molecule has 2 aromatic carbocycles. The number of rotatable bonds is 2. The van der Waals surface area contributed by atoms with Crippen molar-refractivity contribution in [3.8, 4) is 11.5 Å². The highest BCUT2D eigenvalue weighted by molar-refractivity contribution is 5.95. The van der Waals surface area contributed by atoms with Gasteiger partial charge < -0.3 is 14.8 Å². The van der Waals surface area contributed by atoms with Crippen LogP contribution in [-0.2, 0) is 6.42 Å². The predicted octanol–water partition coefficient (Wildman–Crippen LogP) is 2.83. The Morgan fingerprint density at radius 3 is 2.90 bits per heavy atom. The van der Waals surface area contributed by atoms with Gasteiger partial charge >= 0.3 is 0 Å². The maximum absolute atomic E-state index is 12.4. The summed E-state index contributed by atoms with van der Waals surface area (Å²) in [5, 5.41) is 3.11. The third-order valence-corrected chi connectivity index (χ3v) is 4.07. The maximum atomic E-state index is 12.4. The highest BCUT2D eigenvalue weighted by Crippen LogP contribution is 2.34. The fourth-order valence-corrected chi connectivity index (χ4v) is 2.99. The number of fused-ring (bicyclic) bond motifs is 2. The molecule has 4 nitrogen and oxygen atoms in total. The van der Waals surface area contributed by atoms with Crippen molar-refractivity contribution >= 4 is 5.91 Å². The van der Waals surface area contributed by atoms with Crippen molar-refractivity contribution in [3.05, 3.63) is 59.2 Å². The SMILES string of the molecule is O=C(N[C@H]1CCc2ccccc21)c1ccc2c(c1)OCO2. The van der Waals surface area contributed by atoms with E-state index in [1.807, 2.05) is 12.1 Å². The minimum absolute atomic E-state index is 0.0741. The largest absolute Gasteiger partial charge is 0.454 e. The van der Waals surface area contributed by atoms with Crippen molar-refractivity contribution in [2.75, 3.05) is 6.79 Å². The van der Waals surface area contributed by atoms with Crippen LogP contribution in [-0.4, -0.2) is 12.7 Å². The molecule has 4 heteroatoms. The molecule has 2 aromatic rings. The average Bonchev–Trinajstić information content (AvgIpc) is 3.13. The van der Waals surface area contributed by atoms with Crippen molar-refractivity contribution in [1.29, 1.82) is 0 Å². The first-order valence-electron chi connectivity index (χ1n) is 7.09. The van der Waals surface area contributed by atoms with E-state index in [0.717, 1.165) is 12.8 Å². The fourth-order valence-electron chi connectivity index (χ4n) is 2.99. The summed E-state index contributed by atoms with van der Waals surface area (Å²) >= 11 is 0. The summed E-state index contributed by atoms with van der Waals surface area (Å²) in [6, 6.07) is 13.7. The smallest absolute Gasteiger partial charge is 0.251 e. The van der Waals surface area contributed by atoms with Crippen molar-refractivity contribution in [2.24, 2.45) is 0 Å². The van der Waals surface area contributed by atoms with Crippen LogP contribution in [0.3, 0.4) is 0 Å². The van der Waals surface area contributed by atoms with E-state index in [0.29, 0.717) is 17.1 Å². The molecule has 0 spiro atoms. The van der Waals surface area contributed by atoms with Gasteiger partial charge in [0.15, 0.2) is 11.5 Å². The second-order valence-corrected chi connectivity index (χ2v) is 5.33. The van der Waals surface area contributed by atoms with E-state index in [2.05, 4.69) is 17.4 Å². The molecule has 1 atom stereocenters. The van der Waals surface area contributed by atoms with Crippen LogP contribution in [0, 0.1) is 0 Å². The second-order valence-electron chi connectivity index (χ2n) is 5.33. The van der Waals surface area contributed by atoms with E-state index < -0.39 is 0 Å². The molecule has 106 valence electrons. The Bertz CT molecular complexity index is 711. The van der Waals surface area contributed by atoms with Gasteiger partial charge in [0.05, 0.1) is 6.04 Å². The Morgan fingerprint density at radius 2 is 1.95 bits per heavy atom. The summed E-state index contributed by atoms with van der Waals surface area (Å²) < 4.78 is 10.6. The molecular formula is C17H15NO3. The van der Waals surface area contributed by atoms with Gasteiger partial charge in [-0.3, -0.25) is 4.79 Å². The average molecular weight is 281 g/mol. The number of aryl methyl sites for hydroxylation is 1. The molecule has 1 N–H and O–H groups in total. The van der Waals surface area contributed by atoms with Gasteiger partial charge in [-0.2, -0.15) is 0 Å². The third-order valence-electron chi connectivity index (χ3n) is 4.07. The van der Waals surface area contributed by atoms with Gasteiger partial charge in [-0.25, -0.2) is 0 Å². The fraction of sp³-hybridized carbons (Fsp3) is 0.235. The molecule has 1 heterocycles. The minimum atomic E-state index is -0.0741. The Balaban J connectivity index is 1.54. The van der Waals surface area contributed by atoms with Gasteiger partial charge in [-0.1, -0.05) is 24.3 Å². The molecule has 0 unspecified atom stereocenters. The van der Waals surface area contributed by atoms with Gasteiger partial charge in [0.25, 0.3) is 5.91 Å². The van der Waals surface area contributed by atoms with Gasteiger partial charge in [-0.15, -0.1) is 0 Å². The van der Waals surface area contributed by atoms with E-state index in [-0.39, 0.29) is 18.7 Å². The first kappa shape index (κ1) is 12.3. The monoisotopic (exact) mass is 281 g/mol. The number of carbonyl (C=O) groups excluding carboxylic acids is 1. The number of hydrogen-bond acceptors (Lipinski definition) is 3. The summed E-state index contributed by atoms with van der Waals surface area (Å²) in [7, 11) is 0. The first-order chi connectivity index (χ1) is 10.3. The molecular weight excluding hydrogens is 266 g/mol. The molecule has 2 aliphatic rings. The maximum Gasteiger partial charge on any atom is 0.251 e. The third kappa shape index (κ3) is 2.13. The zero-order valence-corrected chi connectivity index (χ0v) is 11.5. The zero-order chi connectivity index (χ0) is 14.2. The van der Waals surface area contributed by atoms with E-state index in [1.165, 1.54) is 11.1 Å². The van der Waals surface area contributed by atoms with E-state index >= 15 is 0 Å². The number of carbonyl (C=O) groups is 1. The number of amides is 1. The lowest BCUT2D eigenvalue weighted by atomic mass is 10.1. The molecule has 0 fully saturated rings. The topological polar surface area (TPSA) is 47.6 Å². The summed E-state index contributed by atoms with van der Waals surface area (Å²) in [6.07, 6.45) is 1.97. The first-order valence-corrected chi connectivity index (χ1v) is 7.09. The zero-order valence-electron chi connectivity index (χ0n) is 11.5. The van der Waals surface area contributed by atoms with Gasteiger partial charge in [0.1, 0.15) is 0 Å². The normalized spacial score (nSPS) is 18.4. The molecule has 0 radical (unpaired) electrons. The Hall–Kier alpha value is -2.49. The van der Waals surface area contributed by atoms with Crippen LogP contribution < -0.4 is 14.8 Å². The highest BCUT2D eigenvalue weighted by atomic mass is 16.7. The van der Waals surface area contributed by atoms with Crippen LogP contribution in [0.5, 0.6) is 11.5 Å². The van der Waals surface area contributed by atoms with Gasteiger partial charge in [0.2, 0.25) is 6.79 Å². The Morgan fingerprint density at radius 1 is 1.10 bits per heavy atom. The van der Waals surface area contributed by atoms with Gasteiger partial charge in [0, 0.05) is 5.56 Å². The standard InChI is InChI=1S/C17H15NO3/c19-17(12-6-8-15-16(9-12)21-10-20-15)18-14-7-5-11-3-1-2-4-13(11)14/h1-4,6,8-9,14H,5,7,10H2,(H,18,19)/t14-/m0/s1. The van der Waals surface area contributed by atoms with Crippen molar-refractivity contribution < 1.29 is 14.3 Å². The van der Waals surface area contributed by atoms with Crippen LogP contribution >= 0.6 is 0 Å². The van der Waals surface area contributed by atoms with Crippen molar-refractivity contribution in [1.82, 2.24) is 5.32 Å². The molecule has 1 aliphatic heterocycles. The predicted molar refractivity (Wildman–Crippen MR) is 77.5 cm³/mol. The van der Waals surface area contributed by atoms with E-state index in [1.54, 1.807) is 18.2 Å². The molecule has 21 heavy (non-hydrogen) atoms. The Labute approximate surface area is 122 Å². The highest BCUT2D eigenvalue weighted by Gasteiger charge is 2.24. The van der Waals surface area contributed by atoms with Gasteiger partial charge in [-0.05, 0) is 42.2 Å². The van der Waals surface area contributed by atoms with Crippen LogP contribution in [0.1, 0.15) is 33.9 Å². The quantitative estimate of drug-likeness (QED) is 0.920. The van der Waals surface area contributed by atoms with Crippen molar-refractivity contribution in [3.63, 3.8) is 0 Å². The molecule has 0 bridgehead atoms. The van der Waals surface area contributed by atoms with Crippen LogP contribution in [0.15, 0.2) is 42.5 Å². The minimum Gasteiger partial charge on any atom is -0.454 e. The molecule has 4 rings (SSSR count). The number of ether oxygens (including phenoxy) is 2. The Kier molecular flexibility index (Phi) is 2.81. The number of hydrogen-bond donors (Lipinski definition) is 1. The summed E-state index contributed by atoms with van der Waals surface area (Å²) in [6.45, 7) is 0.219. The van der Waals surface area contributed by atoms with Crippen LogP contribution in [0.4, 0.5) is 0 Å². The lowest BCUT2D eigenvalue weighted by molar-refractivity contribution is 0.0936. The lowest BCUT2D eigenvalue weighted by Gasteiger charge is -2.14. The molecule has 0 aromatic heterocycles. The molecule has 0 saturated carbocycles. The molecule has 1 aliphatic carbocycles. The second kappa shape index (κ2) is 4.81. The van der Waals surface area contributed by atoms with Crippen LogP contribution in [0.2, 0.25) is 0 Å². The number of benzene rings is 2.